The normalized spacial score (nSPS) is 17.2. The largest absolute Gasteiger partial charge is 0.348 e. The number of amides is 1. The zero-order valence-electron chi connectivity index (χ0n) is 14.0. The second-order valence-corrected chi connectivity index (χ2v) is 7.96. The number of sulfonamides is 1. The van der Waals surface area contributed by atoms with Gasteiger partial charge in [-0.05, 0) is 49.4 Å². The minimum Gasteiger partial charge on any atom is -0.348 e. The van der Waals surface area contributed by atoms with Crippen molar-refractivity contribution >= 4 is 21.6 Å². The third-order valence-corrected chi connectivity index (χ3v) is 6.09. The molecule has 1 fully saturated rings. The first kappa shape index (κ1) is 17.4. The quantitative estimate of drug-likeness (QED) is 0.850. The Bertz CT molecular complexity index is 830. The summed E-state index contributed by atoms with van der Waals surface area (Å²) in [7, 11) is -2.15. The van der Waals surface area contributed by atoms with Gasteiger partial charge in [0.1, 0.15) is 0 Å². The molecule has 1 atom stereocenters. The van der Waals surface area contributed by atoms with Crippen molar-refractivity contribution in [2.24, 2.45) is 0 Å². The van der Waals surface area contributed by atoms with E-state index in [9.17, 15) is 13.2 Å². The number of nitrogens with one attached hydrogen (secondary N) is 2. The van der Waals surface area contributed by atoms with Crippen molar-refractivity contribution < 1.29 is 13.2 Å². The zero-order valence-corrected chi connectivity index (χ0v) is 14.8. The van der Waals surface area contributed by atoms with E-state index in [1.54, 1.807) is 36.4 Å². The first-order chi connectivity index (χ1) is 12.0. The summed E-state index contributed by atoms with van der Waals surface area (Å²) in [6.45, 7) is 1.66. The Labute approximate surface area is 147 Å². The lowest BCUT2D eigenvalue weighted by molar-refractivity contribution is 0.0940. The molecule has 6 nitrogen and oxygen atoms in total. The van der Waals surface area contributed by atoms with E-state index in [-0.39, 0.29) is 16.8 Å². The van der Waals surface area contributed by atoms with Crippen LogP contribution in [0.2, 0.25) is 0 Å². The summed E-state index contributed by atoms with van der Waals surface area (Å²) in [5.41, 5.74) is 1.03. The maximum Gasteiger partial charge on any atom is 0.264 e. The number of benzene rings is 2. The van der Waals surface area contributed by atoms with Crippen molar-refractivity contribution in [2.75, 3.05) is 24.4 Å². The van der Waals surface area contributed by atoms with E-state index in [4.69, 9.17) is 0 Å². The molecule has 1 heterocycles. The number of hydrogen-bond acceptors (Lipinski definition) is 4. The molecule has 1 aliphatic heterocycles. The van der Waals surface area contributed by atoms with Crippen LogP contribution in [0.15, 0.2) is 59.5 Å². The first-order valence-corrected chi connectivity index (χ1v) is 9.58. The number of carbonyl (C=O) groups excluding carboxylic acids is 1. The lowest BCUT2D eigenvalue weighted by Crippen LogP contribution is -2.36. The van der Waals surface area contributed by atoms with Gasteiger partial charge in [0.15, 0.2) is 0 Å². The van der Waals surface area contributed by atoms with Gasteiger partial charge in [-0.1, -0.05) is 18.2 Å². The molecule has 132 valence electrons. The van der Waals surface area contributed by atoms with E-state index in [1.165, 1.54) is 23.5 Å². The van der Waals surface area contributed by atoms with Crippen LogP contribution < -0.4 is 14.9 Å². The molecule has 7 heteroatoms. The molecule has 1 aliphatic rings. The Kier molecular flexibility index (Phi) is 5.06. The molecule has 1 amide bonds. The van der Waals surface area contributed by atoms with Gasteiger partial charge in [-0.2, -0.15) is 0 Å². The first-order valence-electron chi connectivity index (χ1n) is 8.14. The molecule has 25 heavy (non-hydrogen) atoms. The summed E-state index contributed by atoms with van der Waals surface area (Å²) >= 11 is 0. The highest BCUT2D eigenvalue weighted by molar-refractivity contribution is 7.92. The monoisotopic (exact) mass is 359 g/mol. The van der Waals surface area contributed by atoms with Gasteiger partial charge in [0.05, 0.1) is 10.6 Å². The van der Waals surface area contributed by atoms with Crippen LogP contribution in [-0.2, 0) is 10.0 Å². The van der Waals surface area contributed by atoms with Crippen molar-refractivity contribution in [3.05, 3.63) is 60.2 Å². The molecule has 0 bridgehead atoms. The van der Waals surface area contributed by atoms with E-state index in [0.29, 0.717) is 11.3 Å². The molecule has 0 radical (unpaired) electrons. The Hall–Kier alpha value is -2.38. The third-order valence-electron chi connectivity index (χ3n) is 4.29. The third kappa shape index (κ3) is 3.83. The standard InChI is InChI=1S/C18H21N3O3S/c1-21(16-5-3-2-4-6-16)25(23,24)17-9-7-14(8-10-17)18(22)20-15-11-12-19-13-15/h2-10,15,19H,11-13H2,1H3,(H,20,22). The highest BCUT2D eigenvalue weighted by atomic mass is 32.2. The average molecular weight is 359 g/mol. The molecule has 0 saturated carbocycles. The van der Waals surface area contributed by atoms with Crippen molar-refractivity contribution in [1.29, 1.82) is 0 Å². The highest BCUT2D eigenvalue weighted by Crippen LogP contribution is 2.21. The van der Waals surface area contributed by atoms with Gasteiger partial charge in [-0.25, -0.2) is 8.42 Å². The second-order valence-electron chi connectivity index (χ2n) is 6.00. The molecule has 0 aromatic heterocycles. The summed E-state index contributed by atoms with van der Waals surface area (Å²) in [5.74, 6) is -0.186. The lowest BCUT2D eigenvalue weighted by atomic mass is 10.2. The fraction of sp³-hybridized carbons (Fsp3) is 0.278. The van der Waals surface area contributed by atoms with Crippen molar-refractivity contribution in [1.82, 2.24) is 10.6 Å². The number of nitrogens with zero attached hydrogens (tertiary/aromatic N) is 1. The van der Waals surface area contributed by atoms with Gasteiger partial charge in [-0.3, -0.25) is 9.10 Å². The van der Waals surface area contributed by atoms with Gasteiger partial charge >= 0.3 is 0 Å². The zero-order chi connectivity index (χ0) is 17.9. The molecule has 3 rings (SSSR count). The molecule has 1 saturated heterocycles. The van der Waals surface area contributed by atoms with Crippen molar-refractivity contribution in [2.45, 2.75) is 17.4 Å². The summed E-state index contributed by atoms with van der Waals surface area (Å²) in [4.78, 5) is 12.4. The minimum atomic E-state index is -3.67. The van der Waals surface area contributed by atoms with Crippen LogP contribution in [0, 0.1) is 0 Å². The molecule has 2 aromatic rings. The number of anilines is 1. The number of hydrogen-bond donors (Lipinski definition) is 2. The predicted octanol–water partition coefficient (Wildman–Crippen LogP) is 1.60. The van der Waals surface area contributed by atoms with Crippen LogP contribution in [0.25, 0.3) is 0 Å². The number of carbonyl (C=O) groups is 1. The van der Waals surface area contributed by atoms with E-state index < -0.39 is 10.0 Å². The SMILES string of the molecule is CN(c1ccccc1)S(=O)(=O)c1ccc(C(=O)NC2CCNC2)cc1. The molecule has 0 aliphatic carbocycles. The van der Waals surface area contributed by atoms with Gasteiger partial charge in [0.2, 0.25) is 0 Å². The maximum absolute atomic E-state index is 12.7. The minimum absolute atomic E-state index is 0.125. The highest BCUT2D eigenvalue weighted by Gasteiger charge is 2.22. The second kappa shape index (κ2) is 7.25. The molecule has 1 unspecified atom stereocenters. The summed E-state index contributed by atoms with van der Waals surface area (Å²) in [6.07, 6.45) is 0.903. The van der Waals surface area contributed by atoms with Gasteiger partial charge in [0, 0.05) is 25.2 Å². The van der Waals surface area contributed by atoms with Crippen molar-refractivity contribution in [3.63, 3.8) is 0 Å². The fourth-order valence-corrected chi connectivity index (χ4v) is 3.96. The van der Waals surface area contributed by atoms with E-state index in [0.717, 1.165) is 19.5 Å². The molecular formula is C18H21N3O3S. The summed E-state index contributed by atoms with van der Waals surface area (Å²) in [5, 5.41) is 6.13. The van der Waals surface area contributed by atoms with Crippen LogP contribution in [0.3, 0.4) is 0 Å². The van der Waals surface area contributed by atoms with Crippen LogP contribution in [0.4, 0.5) is 5.69 Å². The van der Waals surface area contributed by atoms with Crippen LogP contribution >= 0.6 is 0 Å². The van der Waals surface area contributed by atoms with Gasteiger partial charge < -0.3 is 10.6 Å². The van der Waals surface area contributed by atoms with E-state index in [2.05, 4.69) is 10.6 Å². The van der Waals surface area contributed by atoms with Gasteiger partial charge in [-0.15, -0.1) is 0 Å². The lowest BCUT2D eigenvalue weighted by Gasteiger charge is -2.19. The summed E-state index contributed by atoms with van der Waals surface area (Å²) in [6, 6.07) is 15.0. The molecule has 2 N–H and O–H groups in total. The Morgan fingerprint density at radius 3 is 2.40 bits per heavy atom. The Morgan fingerprint density at radius 1 is 1.12 bits per heavy atom. The predicted molar refractivity (Wildman–Crippen MR) is 97.2 cm³/mol. The van der Waals surface area contributed by atoms with Crippen LogP contribution in [0.1, 0.15) is 16.8 Å². The summed E-state index contributed by atoms with van der Waals surface area (Å²) < 4.78 is 26.6. The topological polar surface area (TPSA) is 78.5 Å². The van der Waals surface area contributed by atoms with Crippen molar-refractivity contribution in [3.8, 4) is 0 Å². The van der Waals surface area contributed by atoms with Crippen LogP contribution in [0.5, 0.6) is 0 Å². The number of rotatable bonds is 5. The van der Waals surface area contributed by atoms with E-state index >= 15 is 0 Å². The number of para-hydroxylation sites is 1. The molecule has 0 spiro atoms. The molecular weight excluding hydrogens is 338 g/mol. The Balaban J connectivity index is 1.75. The molecule has 2 aromatic carbocycles. The van der Waals surface area contributed by atoms with Gasteiger partial charge in [0.25, 0.3) is 15.9 Å². The maximum atomic E-state index is 12.7. The van der Waals surface area contributed by atoms with E-state index in [1.807, 2.05) is 6.07 Å². The fourth-order valence-electron chi connectivity index (χ4n) is 2.76. The van der Waals surface area contributed by atoms with Crippen LogP contribution in [-0.4, -0.2) is 40.5 Å². The Morgan fingerprint density at radius 2 is 1.80 bits per heavy atom. The average Bonchev–Trinajstić information content (AvgIpc) is 3.15. The smallest absolute Gasteiger partial charge is 0.264 e.